The van der Waals surface area contributed by atoms with Crippen LogP contribution in [0.5, 0.6) is 0 Å². The monoisotopic (exact) mass is 242 g/mol. The number of rotatable bonds is 0. The zero-order valence-electron chi connectivity index (χ0n) is 5.95. The number of allylic oxidation sites excluding steroid dienone is 4. The lowest BCUT2D eigenvalue weighted by Crippen LogP contribution is -2.15. The predicted octanol–water partition coefficient (Wildman–Crippen LogP) is 3.43. The first-order valence-corrected chi connectivity index (χ1v) is 4.06. The molecular formula is C7H6BrF3O. The van der Waals surface area contributed by atoms with E-state index in [4.69, 9.17) is 5.11 Å². The summed E-state index contributed by atoms with van der Waals surface area (Å²) in [4.78, 5) is 0. The Kier molecular flexibility index (Phi) is 2.51. The molecule has 0 aromatic heterocycles. The first-order valence-electron chi connectivity index (χ1n) is 3.26. The SMILES string of the molecule is OC1=C(C(F)(F)F)C=C(Br)CC1. The average Bonchev–Trinajstić information content (AvgIpc) is 1.92. The molecule has 5 heteroatoms. The lowest BCUT2D eigenvalue weighted by molar-refractivity contribution is -0.0913. The fourth-order valence-electron chi connectivity index (χ4n) is 0.930. The summed E-state index contributed by atoms with van der Waals surface area (Å²) in [6.07, 6.45) is -3.07. The minimum Gasteiger partial charge on any atom is -0.512 e. The van der Waals surface area contributed by atoms with Crippen LogP contribution in [-0.4, -0.2) is 11.3 Å². The molecule has 0 amide bonds. The van der Waals surface area contributed by atoms with E-state index >= 15 is 0 Å². The highest BCUT2D eigenvalue weighted by molar-refractivity contribution is 9.11. The summed E-state index contributed by atoms with van der Waals surface area (Å²) < 4.78 is 36.7. The van der Waals surface area contributed by atoms with Crippen molar-refractivity contribution in [3.63, 3.8) is 0 Å². The van der Waals surface area contributed by atoms with Gasteiger partial charge in [0.15, 0.2) is 0 Å². The molecule has 0 unspecified atom stereocenters. The maximum absolute atomic E-state index is 12.1. The molecule has 1 rings (SSSR count). The normalized spacial score (nSPS) is 19.5. The quantitative estimate of drug-likeness (QED) is 0.690. The molecule has 12 heavy (non-hydrogen) atoms. The lowest BCUT2D eigenvalue weighted by Gasteiger charge is -2.15. The fourth-order valence-corrected chi connectivity index (χ4v) is 1.36. The van der Waals surface area contributed by atoms with Gasteiger partial charge in [0.1, 0.15) is 5.76 Å². The molecule has 1 nitrogen and oxygen atoms in total. The molecule has 0 aromatic rings. The average molecular weight is 243 g/mol. The number of alkyl halides is 3. The molecule has 0 radical (unpaired) electrons. The molecule has 0 fully saturated rings. The van der Waals surface area contributed by atoms with Gasteiger partial charge < -0.3 is 5.11 Å². The minimum absolute atomic E-state index is 0.0475. The molecule has 1 aliphatic rings. The van der Waals surface area contributed by atoms with Gasteiger partial charge in [-0.25, -0.2) is 0 Å². The second-order valence-corrected chi connectivity index (χ2v) is 3.47. The van der Waals surface area contributed by atoms with E-state index in [0.29, 0.717) is 10.9 Å². The van der Waals surface area contributed by atoms with Crippen LogP contribution in [0.15, 0.2) is 21.9 Å². The highest BCUT2D eigenvalue weighted by Gasteiger charge is 2.36. The molecule has 0 aromatic carbocycles. The Morgan fingerprint density at radius 1 is 1.33 bits per heavy atom. The number of halogens is 4. The zero-order valence-corrected chi connectivity index (χ0v) is 7.54. The van der Waals surface area contributed by atoms with Crippen LogP contribution in [0.2, 0.25) is 0 Å². The van der Waals surface area contributed by atoms with E-state index in [9.17, 15) is 13.2 Å². The Labute approximate surface area is 75.7 Å². The van der Waals surface area contributed by atoms with Crippen molar-refractivity contribution in [2.75, 3.05) is 0 Å². The van der Waals surface area contributed by atoms with Gasteiger partial charge in [0, 0.05) is 6.42 Å². The van der Waals surface area contributed by atoms with Gasteiger partial charge in [0.25, 0.3) is 0 Å². The Morgan fingerprint density at radius 2 is 1.92 bits per heavy atom. The largest absolute Gasteiger partial charge is 0.512 e. The van der Waals surface area contributed by atoms with Crippen molar-refractivity contribution in [2.24, 2.45) is 0 Å². The van der Waals surface area contributed by atoms with Gasteiger partial charge in [0.2, 0.25) is 0 Å². The predicted molar refractivity (Wildman–Crippen MR) is 42.0 cm³/mol. The number of aliphatic hydroxyl groups is 1. The molecule has 0 bridgehead atoms. The molecule has 0 aliphatic heterocycles. The molecule has 0 saturated carbocycles. The first-order chi connectivity index (χ1) is 5.41. The highest BCUT2D eigenvalue weighted by Crippen LogP contribution is 2.35. The van der Waals surface area contributed by atoms with Crippen LogP contribution in [0.1, 0.15) is 12.8 Å². The summed E-state index contributed by atoms with van der Waals surface area (Å²) >= 11 is 2.96. The Balaban J connectivity index is 3.02. The second-order valence-electron chi connectivity index (χ2n) is 2.45. The van der Waals surface area contributed by atoms with Crippen LogP contribution in [0, 0.1) is 0 Å². The van der Waals surface area contributed by atoms with Crippen LogP contribution in [0.4, 0.5) is 13.2 Å². The van der Waals surface area contributed by atoms with Gasteiger partial charge in [-0.15, -0.1) is 0 Å². The van der Waals surface area contributed by atoms with E-state index in [1.54, 1.807) is 0 Å². The van der Waals surface area contributed by atoms with E-state index in [1.165, 1.54) is 0 Å². The van der Waals surface area contributed by atoms with Gasteiger partial charge in [-0.3, -0.25) is 0 Å². The Bertz CT molecular complexity index is 252. The van der Waals surface area contributed by atoms with Crippen molar-refractivity contribution >= 4 is 15.9 Å². The van der Waals surface area contributed by atoms with Crippen molar-refractivity contribution < 1.29 is 18.3 Å². The van der Waals surface area contributed by atoms with Crippen molar-refractivity contribution in [2.45, 2.75) is 19.0 Å². The molecule has 0 spiro atoms. The van der Waals surface area contributed by atoms with E-state index in [2.05, 4.69) is 15.9 Å². The maximum atomic E-state index is 12.1. The van der Waals surface area contributed by atoms with Crippen molar-refractivity contribution in [1.82, 2.24) is 0 Å². The smallest absolute Gasteiger partial charge is 0.419 e. The lowest BCUT2D eigenvalue weighted by atomic mass is 10.1. The summed E-state index contributed by atoms with van der Waals surface area (Å²) in [5.74, 6) is -0.578. The second kappa shape index (κ2) is 3.12. The molecule has 0 atom stereocenters. The highest BCUT2D eigenvalue weighted by atomic mass is 79.9. The first kappa shape index (κ1) is 9.64. The standard InChI is InChI=1S/C7H6BrF3O/c8-4-1-2-6(12)5(3-4)7(9,10)11/h3,12H,1-2H2. The number of hydrogen-bond donors (Lipinski definition) is 1. The molecule has 0 saturated heterocycles. The fraction of sp³-hybridized carbons (Fsp3) is 0.429. The van der Waals surface area contributed by atoms with Gasteiger partial charge in [-0.2, -0.15) is 13.2 Å². The van der Waals surface area contributed by atoms with Crippen LogP contribution in [-0.2, 0) is 0 Å². The van der Waals surface area contributed by atoms with Crippen LogP contribution in [0.3, 0.4) is 0 Å². The van der Waals surface area contributed by atoms with Crippen LogP contribution >= 0.6 is 15.9 Å². The van der Waals surface area contributed by atoms with Crippen LogP contribution in [0.25, 0.3) is 0 Å². The van der Waals surface area contributed by atoms with Gasteiger partial charge >= 0.3 is 6.18 Å². The van der Waals surface area contributed by atoms with Gasteiger partial charge in [0.05, 0.1) is 5.57 Å². The van der Waals surface area contributed by atoms with E-state index in [0.717, 1.165) is 6.08 Å². The molecule has 1 aliphatic carbocycles. The van der Waals surface area contributed by atoms with Crippen molar-refractivity contribution in [3.05, 3.63) is 21.9 Å². The molecule has 0 heterocycles. The number of hydrogen-bond acceptors (Lipinski definition) is 1. The summed E-state index contributed by atoms with van der Waals surface area (Å²) in [6.45, 7) is 0. The maximum Gasteiger partial charge on any atom is 0.419 e. The van der Waals surface area contributed by atoms with E-state index in [-0.39, 0.29) is 6.42 Å². The molecular weight excluding hydrogens is 237 g/mol. The summed E-state index contributed by atoms with van der Waals surface area (Å²) in [5.41, 5.74) is -0.944. The van der Waals surface area contributed by atoms with Crippen LogP contribution < -0.4 is 0 Å². The molecule has 1 N–H and O–H groups in total. The van der Waals surface area contributed by atoms with E-state index < -0.39 is 17.5 Å². The molecule has 68 valence electrons. The van der Waals surface area contributed by atoms with Crippen molar-refractivity contribution in [3.8, 4) is 0 Å². The van der Waals surface area contributed by atoms with Gasteiger partial charge in [-0.1, -0.05) is 15.9 Å². The minimum atomic E-state index is -4.45. The van der Waals surface area contributed by atoms with Gasteiger partial charge in [-0.05, 0) is 17.0 Å². The third-order valence-corrected chi connectivity index (χ3v) is 2.14. The Hall–Kier alpha value is -0.450. The topological polar surface area (TPSA) is 20.2 Å². The Morgan fingerprint density at radius 3 is 2.33 bits per heavy atom. The number of aliphatic hydroxyl groups excluding tert-OH is 1. The third kappa shape index (κ3) is 2.03. The summed E-state index contributed by atoms with van der Waals surface area (Å²) in [5, 5.41) is 8.92. The van der Waals surface area contributed by atoms with Crippen molar-refractivity contribution in [1.29, 1.82) is 0 Å². The zero-order chi connectivity index (χ0) is 9.35. The summed E-state index contributed by atoms with van der Waals surface area (Å²) in [6, 6.07) is 0. The van der Waals surface area contributed by atoms with E-state index in [1.807, 2.05) is 0 Å². The summed E-state index contributed by atoms with van der Waals surface area (Å²) in [7, 11) is 0. The third-order valence-electron chi connectivity index (χ3n) is 1.52.